The Hall–Kier alpha value is -0.0800. The van der Waals surface area contributed by atoms with Crippen molar-refractivity contribution in [3.05, 3.63) is 0 Å². The third kappa shape index (κ3) is 0.816. The van der Waals surface area contributed by atoms with E-state index in [1.54, 1.807) is 0 Å². The van der Waals surface area contributed by atoms with E-state index in [1.807, 2.05) is 0 Å². The standard InChI is InChI=1S/C11H18O2/c1-9(2)5-6-11-8(12)3-4-10(11,7-9)13-11/h8,12H,3-7H2,1-2H3/t8-,10-,11-/m0/s1. The van der Waals surface area contributed by atoms with E-state index in [0.717, 1.165) is 25.7 Å². The first-order chi connectivity index (χ1) is 6.00. The van der Waals surface area contributed by atoms with Crippen molar-refractivity contribution in [3.8, 4) is 0 Å². The molecule has 3 rings (SSSR count). The van der Waals surface area contributed by atoms with Crippen molar-refractivity contribution in [1.29, 1.82) is 0 Å². The van der Waals surface area contributed by atoms with Crippen LogP contribution in [0.3, 0.4) is 0 Å². The molecular formula is C11H18O2. The van der Waals surface area contributed by atoms with Gasteiger partial charge in [0.2, 0.25) is 0 Å². The van der Waals surface area contributed by atoms with Gasteiger partial charge in [0, 0.05) is 0 Å². The predicted octanol–water partition coefficient (Wildman–Crippen LogP) is 1.86. The molecule has 0 radical (unpaired) electrons. The first-order valence-corrected chi connectivity index (χ1v) is 5.38. The lowest BCUT2D eigenvalue weighted by atomic mass is 9.68. The van der Waals surface area contributed by atoms with E-state index in [2.05, 4.69) is 13.8 Å². The van der Waals surface area contributed by atoms with Crippen LogP contribution < -0.4 is 0 Å². The molecule has 3 aliphatic rings. The van der Waals surface area contributed by atoms with Gasteiger partial charge in [0.25, 0.3) is 0 Å². The second-order valence-electron chi connectivity index (χ2n) is 5.88. The Bertz CT molecular complexity index is 261. The topological polar surface area (TPSA) is 32.8 Å². The van der Waals surface area contributed by atoms with Gasteiger partial charge in [-0.25, -0.2) is 0 Å². The van der Waals surface area contributed by atoms with Gasteiger partial charge in [-0.05, 0) is 37.5 Å². The van der Waals surface area contributed by atoms with Crippen molar-refractivity contribution >= 4 is 0 Å². The summed E-state index contributed by atoms with van der Waals surface area (Å²) in [4.78, 5) is 0. The molecule has 0 spiro atoms. The fourth-order valence-electron chi connectivity index (χ4n) is 3.67. The molecule has 0 aromatic heterocycles. The summed E-state index contributed by atoms with van der Waals surface area (Å²) < 4.78 is 5.89. The van der Waals surface area contributed by atoms with Crippen molar-refractivity contribution in [2.45, 2.75) is 63.3 Å². The van der Waals surface area contributed by atoms with Crippen LogP contribution in [0.2, 0.25) is 0 Å². The number of hydrogen-bond acceptors (Lipinski definition) is 2. The Morgan fingerprint density at radius 2 is 2.00 bits per heavy atom. The number of aliphatic hydroxyl groups excluding tert-OH is 1. The minimum Gasteiger partial charge on any atom is -0.390 e. The largest absolute Gasteiger partial charge is 0.390 e. The van der Waals surface area contributed by atoms with Crippen LogP contribution in [0.5, 0.6) is 0 Å². The van der Waals surface area contributed by atoms with Crippen molar-refractivity contribution in [1.82, 2.24) is 0 Å². The maximum absolute atomic E-state index is 9.87. The zero-order chi connectivity index (χ0) is 9.32. The molecule has 2 saturated carbocycles. The molecule has 0 amide bonds. The molecule has 0 aromatic rings. The number of ether oxygens (including phenoxy) is 1. The van der Waals surface area contributed by atoms with Crippen molar-refractivity contribution in [2.75, 3.05) is 0 Å². The van der Waals surface area contributed by atoms with Crippen molar-refractivity contribution in [3.63, 3.8) is 0 Å². The van der Waals surface area contributed by atoms with Crippen LogP contribution in [-0.2, 0) is 4.74 Å². The zero-order valence-corrected chi connectivity index (χ0v) is 8.47. The Morgan fingerprint density at radius 1 is 1.23 bits per heavy atom. The van der Waals surface area contributed by atoms with E-state index in [0.29, 0.717) is 5.41 Å². The molecule has 0 unspecified atom stereocenters. The van der Waals surface area contributed by atoms with Crippen molar-refractivity contribution in [2.24, 2.45) is 5.41 Å². The van der Waals surface area contributed by atoms with E-state index in [-0.39, 0.29) is 17.3 Å². The van der Waals surface area contributed by atoms with Gasteiger partial charge in [-0.1, -0.05) is 13.8 Å². The van der Waals surface area contributed by atoms with Gasteiger partial charge in [-0.3, -0.25) is 0 Å². The van der Waals surface area contributed by atoms with Gasteiger partial charge in [-0.2, -0.15) is 0 Å². The average molecular weight is 182 g/mol. The van der Waals surface area contributed by atoms with Crippen molar-refractivity contribution < 1.29 is 9.84 Å². The van der Waals surface area contributed by atoms with Crippen LogP contribution in [-0.4, -0.2) is 22.4 Å². The molecule has 1 aliphatic heterocycles. The monoisotopic (exact) mass is 182 g/mol. The smallest absolute Gasteiger partial charge is 0.124 e. The number of epoxide rings is 1. The summed E-state index contributed by atoms with van der Waals surface area (Å²) in [5, 5.41) is 9.87. The van der Waals surface area contributed by atoms with Gasteiger partial charge in [0.1, 0.15) is 11.2 Å². The Morgan fingerprint density at radius 3 is 2.77 bits per heavy atom. The molecule has 0 aromatic carbocycles. The molecule has 2 nitrogen and oxygen atoms in total. The minimum atomic E-state index is -0.177. The highest BCUT2D eigenvalue weighted by Gasteiger charge is 2.78. The summed E-state index contributed by atoms with van der Waals surface area (Å²) in [6.45, 7) is 4.64. The summed E-state index contributed by atoms with van der Waals surface area (Å²) in [5.74, 6) is 0. The maximum Gasteiger partial charge on any atom is 0.124 e. The summed E-state index contributed by atoms with van der Waals surface area (Å²) in [5.41, 5.74) is 0.417. The first kappa shape index (κ1) is 8.25. The molecule has 74 valence electrons. The van der Waals surface area contributed by atoms with Crippen LogP contribution in [0.15, 0.2) is 0 Å². The summed E-state index contributed by atoms with van der Waals surface area (Å²) in [7, 11) is 0. The SMILES string of the molecule is CC1(C)CC[C@@]23O[C@@]2(CC[C@@H]3O)C1. The molecule has 3 fully saturated rings. The second kappa shape index (κ2) is 1.96. The summed E-state index contributed by atoms with van der Waals surface area (Å²) >= 11 is 0. The molecule has 13 heavy (non-hydrogen) atoms. The van der Waals surface area contributed by atoms with Crippen LogP contribution in [0.1, 0.15) is 46.0 Å². The highest BCUT2D eigenvalue weighted by Crippen LogP contribution is 2.69. The second-order valence-corrected chi connectivity index (χ2v) is 5.88. The van der Waals surface area contributed by atoms with Gasteiger partial charge in [-0.15, -0.1) is 0 Å². The van der Waals surface area contributed by atoms with E-state index >= 15 is 0 Å². The lowest BCUT2D eigenvalue weighted by molar-refractivity contribution is 0.0577. The lowest BCUT2D eigenvalue weighted by Gasteiger charge is -2.33. The predicted molar refractivity (Wildman–Crippen MR) is 49.4 cm³/mol. The third-order valence-electron chi connectivity index (χ3n) is 4.40. The molecule has 2 heteroatoms. The normalized spacial score (nSPS) is 57.0. The Labute approximate surface area is 79.3 Å². The minimum absolute atomic E-state index is 0.0914. The molecule has 0 bridgehead atoms. The van der Waals surface area contributed by atoms with Crippen LogP contribution in [0, 0.1) is 5.41 Å². The van der Waals surface area contributed by atoms with E-state index < -0.39 is 0 Å². The maximum atomic E-state index is 9.87. The average Bonchev–Trinajstić information content (AvgIpc) is 2.61. The Kier molecular flexibility index (Phi) is 1.24. The van der Waals surface area contributed by atoms with Crippen LogP contribution in [0.25, 0.3) is 0 Å². The molecule has 2 aliphatic carbocycles. The van der Waals surface area contributed by atoms with Gasteiger partial charge >= 0.3 is 0 Å². The molecule has 1 heterocycles. The zero-order valence-electron chi connectivity index (χ0n) is 8.47. The quantitative estimate of drug-likeness (QED) is 0.580. The highest BCUT2D eigenvalue weighted by molar-refractivity contribution is 5.27. The first-order valence-electron chi connectivity index (χ1n) is 5.38. The molecule has 3 atom stereocenters. The van der Waals surface area contributed by atoms with Gasteiger partial charge < -0.3 is 9.84 Å². The highest BCUT2D eigenvalue weighted by atomic mass is 16.6. The molecule has 1 saturated heterocycles. The van der Waals surface area contributed by atoms with Gasteiger partial charge in [0.15, 0.2) is 0 Å². The Balaban J connectivity index is 1.92. The number of hydrogen-bond donors (Lipinski definition) is 1. The summed E-state index contributed by atoms with van der Waals surface area (Å²) in [6, 6.07) is 0. The molecular weight excluding hydrogens is 164 g/mol. The lowest BCUT2D eigenvalue weighted by Crippen LogP contribution is -2.38. The number of aliphatic hydroxyl groups is 1. The van der Waals surface area contributed by atoms with E-state index in [4.69, 9.17) is 4.74 Å². The fraction of sp³-hybridized carbons (Fsp3) is 1.00. The van der Waals surface area contributed by atoms with E-state index in [1.165, 1.54) is 6.42 Å². The van der Waals surface area contributed by atoms with Crippen LogP contribution in [0.4, 0.5) is 0 Å². The number of rotatable bonds is 0. The summed E-state index contributed by atoms with van der Waals surface area (Å²) in [6.07, 6.45) is 5.28. The van der Waals surface area contributed by atoms with Crippen LogP contribution >= 0.6 is 0 Å². The van der Waals surface area contributed by atoms with E-state index in [9.17, 15) is 5.11 Å². The van der Waals surface area contributed by atoms with Gasteiger partial charge in [0.05, 0.1) is 6.10 Å². The third-order valence-corrected chi connectivity index (χ3v) is 4.40. The molecule has 1 N–H and O–H groups in total. The fourth-order valence-corrected chi connectivity index (χ4v) is 3.67.